The molecular weight excluding hydrogens is 390 g/mol. The van der Waals surface area contributed by atoms with Crippen molar-refractivity contribution in [2.24, 2.45) is 0 Å². The van der Waals surface area contributed by atoms with Crippen molar-refractivity contribution in [3.8, 4) is 11.1 Å². The molecule has 0 atom stereocenters. The lowest BCUT2D eigenvalue weighted by molar-refractivity contribution is 0.0529. The Hall–Kier alpha value is -2.15. The third-order valence-electron chi connectivity index (χ3n) is 3.67. The van der Waals surface area contributed by atoms with Gasteiger partial charge in [-0.25, -0.2) is 4.79 Å². The van der Waals surface area contributed by atoms with Crippen LogP contribution in [-0.2, 0) is 4.74 Å². The van der Waals surface area contributed by atoms with Gasteiger partial charge in [-0.05, 0) is 43.0 Å². The number of anilines is 1. The average molecular weight is 406 g/mol. The summed E-state index contributed by atoms with van der Waals surface area (Å²) in [6, 6.07) is 10.8. The van der Waals surface area contributed by atoms with Gasteiger partial charge < -0.3 is 10.1 Å². The fourth-order valence-electron chi connectivity index (χ4n) is 2.57. The van der Waals surface area contributed by atoms with Crippen LogP contribution in [0.4, 0.5) is 5.00 Å². The van der Waals surface area contributed by atoms with Crippen LogP contribution < -0.4 is 5.32 Å². The van der Waals surface area contributed by atoms with Gasteiger partial charge in [-0.2, -0.15) is 0 Å². The molecule has 0 aliphatic heterocycles. The Labute approximate surface area is 164 Å². The van der Waals surface area contributed by atoms with E-state index < -0.39 is 5.97 Å². The molecule has 1 N–H and O–H groups in total. The van der Waals surface area contributed by atoms with E-state index in [4.69, 9.17) is 16.3 Å². The first-order valence-corrected chi connectivity index (χ1v) is 10.00. The number of amides is 1. The van der Waals surface area contributed by atoms with Gasteiger partial charge >= 0.3 is 5.97 Å². The third kappa shape index (κ3) is 3.82. The van der Waals surface area contributed by atoms with Gasteiger partial charge in [-0.1, -0.05) is 29.8 Å². The topological polar surface area (TPSA) is 55.4 Å². The van der Waals surface area contributed by atoms with Crippen LogP contribution in [0.1, 0.15) is 31.8 Å². The molecule has 0 bridgehead atoms. The maximum absolute atomic E-state index is 12.6. The molecule has 0 radical (unpaired) electrons. The zero-order valence-electron chi connectivity index (χ0n) is 14.2. The van der Waals surface area contributed by atoms with Gasteiger partial charge in [0.25, 0.3) is 5.91 Å². The van der Waals surface area contributed by atoms with E-state index in [0.29, 0.717) is 20.5 Å². The molecule has 2 aromatic heterocycles. The number of carbonyl (C=O) groups excluding carboxylic acids is 2. The molecule has 0 aliphatic rings. The van der Waals surface area contributed by atoms with Crippen molar-refractivity contribution in [2.75, 3.05) is 11.9 Å². The standard InChI is InChI=1S/C19H16ClNO3S2/c1-3-24-19(23)16-15(12-6-8-13(20)9-7-12)11(2)26-18(16)21-17(22)14-5-4-10-25-14/h4-10H,3H2,1-2H3,(H,21,22). The predicted molar refractivity (Wildman–Crippen MR) is 108 cm³/mol. The van der Waals surface area contributed by atoms with Crippen LogP contribution in [0.2, 0.25) is 5.02 Å². The number of esters is 1. The van der Waals surface area contributed by atoms with Gasteiger partial charge in [0, 0.05) is 15.5 Å². The number of benzene rings is 1. The largest absolute Gasteiger partial charge is 0.462 e. The molecular formula is C19H16ClNO3S2. The summed E-state index contributed by atoms with van der Waals surface area (Å²) in [6.07, 6.45) is 0. The van der Waals surface area contributed by atoms with Gasteiger partial charge in [0.1, 0.15) is 10.6 Å². The summed E-state index contributed by atoms with van der Waals surface area (Å²) in [4.78, 5) is 26.6. The SMILES string of the molecule is CCOC(=O)c1c(NC(=O)c2cccs2)sc(C)c1-c1ccc(Cl)cc1. The van der Waals surface area contributed by atoms with Crippen LogP contribution in [0.5, 0.6) is 0 Å². The number of ether oxygens (including phenoxy) is 1. The van der Waals surface area contributed by atoms with E-state index in [1.165, 1.54) is 22.7 Å². The number of rotatable bonds is 5. The number of halogens is 1. The molecule has 0 saturated carbocycles. The number of aryl methyl sites for hydroxylation is 1. The average Bonchev–Trinajstić information content (AvgIpc) is 3.24. The normalized spacial score (nSPS) is 10.6. The smallest absolute Gasteiger partial charge is 0.341 e. The first-order chi connectivity index (χ1) is 12.5. The molecule has 2 heterocycles. The van der Waals surface area contributed by atoms with Crippen molar-refractivity contribution in [2.45, 2.75) is 13.8 Å². The Kier molecular flexibility index (Phi) is 5.76. The lowest BCUT2D eigenvalue weighted by Crippen LogP contribution is -2.13. The Balaban J connectivity index is 2.06. The van der Waals surface area contributed by atoms with Crippen molar-refractivity contribution >= 4 is 51.2 Å². The first-order valence-electron chi connectivity index (χ1n) is 7.92. The Morgan fingerprint density at radius 3 is 2.54 bits per heavy atom. The maximum Gasteiger partial charge on any atom is 0.341 e. The van der Waals surface area contributed by atoms with Crippen molar-refractivity contribution < 1.29 is 14.3 Å². The minimum absolute atomic E-state index is 0.241. The van der Waals surface area contributed by atoms with E-state index in [1.54, 1.807) is 25.1 Å². The fourth-order valence-corrected chi connectivity index (χ4v) is 4.37. The molecule has 1 amide bonds. The molecule has 3 aromatic rings. The predicted octanol–water partition coefficient (Wildman–Crippen LogP) is 5.87. The van der Waals surface area contributed by atoms with Crippen LogP contribution in [0.3, 0.4) is 0 Å². The minimum atomic E-state index is -0.455. The molecule has 0 saturated heterocycles. The summed E-state index contributed by atoms with van der Waals surface area (Å²) in [5.41, 5.74) is 1.98. The summed E-state index contributed by atoms with van der Waals surface area (Å²) in [5, 5.41) is 5.80. The summed E-state index contributed by atoms with van der Waals surface area (Å²) in [6.45, 7) is 3.92. The fraction of sp³-hybridized carbons (Fsp3) is 0.158. The van der Waals surface area contributed by atoms with E-state index in [2.05, 4.69) is 5.32 Å². The maximum atomic E-state index is 12.6. The molecule has 0 unspecified atom stereocenters. The van der Waals surface area contributed by atoms with Crippen LogP contribution in [-0.4, -0.2) is 18.5 Å². The van der Waals surface area contributed by atoms with Gasteiger partial charge in [-0.15, -0.1) is 22.7 Å². The minimum Gasteiger partial charge on any atom is -0.462 e. The van der Waals surface area contributed by atoms with Crippen LogP contribution in [0, 0.1) is 6.92 Å². The molecule has 7 heteroatoms. The monoisotopic (exact) mass is 405 g/mol. The zero-order chi connectivity index (χ0) is 18.7. The Morgan fingerprint density at radius 2 is 1.92 bits per heavy atom. The van der Waals surface area contributed by atoms with Gasteiger partial charge in [-0.3, -0.25) is 4.79 Å². The van der Waals surface area contributed by atoms with E-state index in [9.17, 15) is 9.59 Å². The van der Waals surface area contributed by atoms with Crippen molar-refractivity contribution in [3.05, 3.63) is 62.1 Å². The first kappa shape index (κ1) is 18.6. The highest BCUT2D eigenvalue weighted by Crippen LogP contribution is 2.41. The second-order valence-corrected chi connectivity index (χ2v) is 8.01. The van der Waals surface area contributed by atoms with Crippen molar-refractivity contribution in [3.63, 3.8) is 0 Å². The summed E-state index contributed by atoms with van der Waals surface area (Å²) in [5.74, 6) is -0.697. The molecule has 0 spiro atoms. The molecule has 1 aromatic carbocycles. The lowest BCUT2D eigenvalue weighted by atomic mass is 10.0. The number of nitrogens with one attached hydrogen (secondary N) is 1. The highest BCUT2D eigenvalue weighted by Gasteiger charge is 2.25. The summed E-state index contributed by atoms with van der Waals surface area (Å²) in [7, 11) is 0. The number of carbonyl (C=O) groups is 2. The highest BCUT2D eigenvalue weighted by atomic mass is 35.5. The van der Waals surface area contributed by atoms with Crippen LogP contribution in [0.25, 0.3) is 11.1 Å². The highest BCUT2D eigenvalue weighted by molar-refractivity contribution is 7.17. The number of hydrogen-bond acceptors (Lipinski definition) is 5. The Morgan fingerprint density at radius 1 is 1.19 bits per heavy atom. The molecule has 134 valence electrons. The quantitative estimate of drug-likeness (QED) is 0.540. The summed E-state index contributed by atoms with van der Waals surface area (Å²) >= 11 is 8.68. The van der Waals surface area contributed by atoms with Gasteiger partial charge in [0.2, 0.25) is 0 Å². The van der Waals surface area contributed by atoms with Crippen LogP contribution in [0.15, 0.2) is 41.8 Å². The third-order valence-corrected chi connectivity index (χ3v) is 5.81. The van der Waals surface area contributed by atoms with Crippen LogP contribution >= 0.6 is 34.3 Å². The number of thiophene rings is 2. The molecule has 4 nitrogen and oxygen atoms in total. The van der Waals surface area contributed by atoms with E-state index in [1.807, 2.05) is 30.5 Å². The number of hydrogen-bond donors (Lipinski definition) is 1. The van der Waals surface area contributed by atoms with Crippen molar-refractivity contribution in [1.29, 1.82) is 0 Å². The second kappa shape index (κ2) is 8.03. The zero-order valence-corrected chi connectivity index (χ0v) is 16.6. The lowest BCUT2D eigenvalue weighted by Gasteiger charge is -2.09. The molecule has 0 fully saturated rings. The molecule has 3 rings (SSSR count). The van der Waals surface area contributed by atoms with E-state index in [0.717, 1.165) is 16.0 Å². The van der Waals surface area contributed by atoms with E-state index >= 15 is 0 Å². The Bertz CT molecular complexity index is 931. The van der Waals surface area contributed by atoms with Crippen molar-refractivity contribution in [1.82, 2.24) is 0 Å². The van der Waals surface area contributed by atoms with E-state index in [-0.39, 0.29) is 12.5 Å². The van der Waals surface area contributed by atoms with Gasteiger partial charge in [0.15, 0.2) is 0 Å². The second-order valence-electron chi connectivity index (χ2n) is 5.40. The molecule has 0 aliphatic carbocycles. The summed E-state index contributed by atoms with van der Waals surface area (Å²) < 4.78 is 5.23. The molecule has 26 heavy (non-hydrogen) atoms. The van der Waals surface area contributed by atoms with Gasteiger partial charge in [0.05, 0.1) is 11.5 Å².